The topological polar surface area (TPSA) is 42.0 Å². The number of thiazole rings is 1. The first kappa shape index (κ1) is 14.5. The number of amides is 1. The zero-order valence-electron chi connectivity index (χ0n) is 10.8. The summed E-state index contributed by atoms with van der Waals surface area (Å²) in [7, 11) is 0. The number of carbonyl (C=O) groups excluding carboxylic acids is 1. The molecule has 21 heavy (non-hydrogen) atoms. The van der Waals surface area contributed by atoms with E-state index < -0.39 is 0 Å². The molecule has 3 aromatic rings. The Bertz CT molecular complexity index is 818. The van der Waals surface area contributed by atoms with Gasteiger partial charge in [-0.15, -0.1) is 0 Å². The summed E-state index contributed by atoms with van der Waals surface area (Å²) in [6, 6.07) is 13.2. The molecule has 1 aromatic heterocycles. The molecule has 6 heteroatoms. The van der Waals surface area contributed by atoms with Gasteiger partial charge in [-0.3, -0.25) is 4.79 Å². The standard InChI is InChI=1S/C15H10BrClN2OS/c16-10-5-3-7-12-14(10)19-15(21-12)18-13(20)8-9-4-1-2-6-11(9)17/h1-7H,8H2,(H,18,19,20). The van der Waals surface area contributed by atoms with Gasteiger partial charge in [0.15, 0.2) is 5.13 Å². The molecule has 3 rings (SSSR count). The number of benzene rings is 2. The largest absolute Gasteiger partial charge is 0.302 e. The summed E-state index contributed by atoms with van der Waals surface area (Å²) >= 11 is 11.0. The second-order valence-corrected chi connectivity index (χ2v) is 6.71. The van der Waals surface area contributed by atoms with Crippen molar-refractivity contribution in [2.75, 3.05) is 5.32 Å². The number of para-hydroxylation sites is 1. The number of nitrogens with one attached hydrogen (secondary N) is 1. The molecule has 0 fully saturated rings. The molecule has 0 spiro atoms. The van der Waals surface area contributed by atoms with Gasteiger partial charge in [0.05, 0.1) is 16.6 Å². The molecule has 1 heterocycles. The van der Waals surface area contributed by atoms with Crippen LogP contribution < -0.4 is 5.32 Å². The van der Waals surface area contributed by atoms with Crippen LogP contribution in [0, 0.1) is 0 Å². The Morgan fingerprint density at radius 1 is 1.24 bits per heavy atom. The van der Waals surface area contributed by atoms with Crippen LogP contribution in [-0.4, -0.2) is 10.9 Å². The fraction of sp³-hybridized carbons (Fsp3) is 0.0667. The molecule has 0 aliphatic rings. The molecule has 0 aliphatic heterocycles. The summed E-state index contributed by atoms with van der Waals surface area (Å²) < 4.78 is 1.94. The Kier molecular flexibility index (Phi) is 4.24. The number of nitrogens with zero attached hydrogens (tertiary/aromatic N) is 1. The van der Waals surface area contributed by atoms with E-state index >= 15 is 0 Å². The van der Waals surface area contributed by atoms with E-state index in [1.54, 1.807) is 6.07 Å². The summed E-state index contributed by atoms with van der Waals surface area (Å²) in [6.07, 6.45) is 0.233. The normalized spacial score (nSPS) is 10.8. The Morgan fingerprint density at radius 3 is 2.81 bits per heavy atom. The molecule has 0 radical (unpaired) electrons. The molecule has 1 amide bonds. The third kappa shape index (κ3) is 3.26. The molecule has 0 bridgehead atoms. The van der Waals surface area contributed by atoms with Gasteiger partial charge >= 0.3 is 0 Å². The molecule has 106 valence electrons. The highest BCUT2D eigenvalue weighted by Crippen LogP contribution is 2.31. The highest BCUT2D eigenvalue weighted by Gasteiger charge is 2.11. The van der Waals surface area contributed by atoms with Gasteiger partial charge in [-0.05, 0) is 39.7 Å². The maximum Gasteiger partial charge on any atom is 0.230 e. The first-order valence-corrected chi connectivity index (χ1v) is 8.20. The quantitative estimate of drug-likeness (QED) is 0.701. The summed E-state index contributed by atoms with van der Waals surface area (Å²) in [6.45, 7) is 0. The van der Waals surface area contributed by atoms with E-state index in [0.717, 1.165) is 20.3 Å². The van der Waals surface area contributed by atoms with E-state index in [1.165, 1.54) is 11.3 Å². The molecular formula is C15H10BrClN2OS. The maximum absolute atomic E-state index is 12.1. The van der Waals surface area contributed by atoms with E-state index in [-0.39, 0.29) is 12.3 Å². The van der Waals surface area contributed by atoms with Crippen LogP contribution in [-0.2, 0) is 11.2 Å². The minimum Gasteiger partial charge on any atom is -0.302 e. The molecule has 0 saturated heterocycles. The summed E-state index contributed by atoms with van der Waals surface area (Å²) in [4.78, 5) is 16.5. The fourth-order valence-electron chi connectivity index (χ4n) is 1.95. The van der Waals surface area contributed by atoms with Crippen molar-refractivity contribution in [2.45, 2.75) is 6.42 Å². The fourth-order valence-corrected chi connectivity index (χ4v) is 3.64. The highest BCUT2D eigenvalue weighted by atomic mass is 79.9. The molecule has 0 saturated carbocycles. The number of hydrogen-bond acceptors (Lipinski definition) is 3. The van der Waals surface area contributed by atoms with E-state index in [0.29, 0.717) is 10.2 Å². The summed E-state index contributed by atoms with van der Waals surface area (Å²) in [5.41, 5.74) is 1.66. The zero-order chi connectivity index (χ0) is 14.8. The number of fused-ring (bicyclic) bond motifs is 1. The van der Waals surface area contributed by atoms with Crippen LogP contribution in [0.1, 0.15) is 5.56 Å². The van der Waals surface area contributed by atoms with Gasteiger partial charge in [-0.1, -0.05) is 47.2 Å². The minimum atomic E-state index is -0.127. The Hall–Kier alpha value is -1.43. The van der Waals surface area contributed by atoms with Crippen LogP contribution in [0.2, 0.25) is 5.02 Å². The second kappa shape index (κ2) is 6.13. The number of anilines is 1. The lowest BCUT2D eigenvalue weighted by molar-refractivity contribution is -0.115. The van der Waals surface area contributed by atoms with Crippen molar-refractivity contribution < 1.29 is 4.79 Å². The third-order valence-electron chi connectivity index (χ3n) is 2.92. The molecule has 0 unspecified atom stereocenters. The van der Waals surface area contributed by atoms with Gasteiger partial charge in [-0.2, -0.15) is 0 Å². The van der Waals surface area contributed by atoms with Crippen LogP contribution in [0.25, 0.3) is 10.2 Å². The van der Waals surface area contributed by atoms with Gasteiger partial charge in [0.2, 0.25) is 5.91 Å². The van der Waals surface area contributed by atoms with Crippen LogP contribution in [0.5, 0.6) is 0 Å². The molecule has 3 nitrogen and oxygen atoms in total. The van der Waals surface area contributed by atoms with Gasteiger partial charge in [-0.25, -0.2) is 4.98 Å². The highest BCUT2D eigenvalue weighted by molar-refractivity contribution is 9.10. The van der Waals surface area contributed by atoms with Crippen molar-refractivity contribution in [3.05, 3.63) is 57.5 Å². The number of aromatic nitrogens is 1. The van der Waals surface area contributed by atoms with Gasteiger partial charge in [0.25, 0.3) is 0 Å². The first-order chi connectivity index (χ1) is 10.1. The van der Waals surface area contributed by atoms with Crippen LogP contribution >= 0.6 is 38.9 Å². The van der Waals surface area contributed by atoms with E-state index in [1.807, 2.05) is 36.4 Å². The van der Waals surface area contributed by atoms with E-state index in [2.05, 4.69) is 26.2 Å². The van der Waals surface area contributed by atoms with Crippen molar-refractivity contribution in [1.29, 1.82) is 0 Å². The lowest BCUT2D eigenvalue weighted by atomic mass is 10.1. The zero-order valence-corrected chi connectivity index (χ0v) is 13.9. The number of hydrogen-bond donors (Lipinski definition) is 1. The smallest absolute Gasteiger partial charge is 0.230 e. The van der Waals surface area contributed by atoms with Crippen LogP contribution in [0.15, 0.2) is 46.9 Å². The maximum atomic E-state index is 12.1. The van der Waals surface area contributed by atoms with Crippen molar-refractivity contribution in [1.82, 2.24) is 4.98 Å². The first-order valence-electron chi connectivity index (χ1n) is 6.22. The predicted molar refractivity (Wildman–Crippen MR) is 91.1 cm³/mol. The average molecular weight is 382 g/mol. The van der Waals surface area contributed by atoms with Crippen molar-refractivity contribution in [3.8, 4) is 0 Å². The number of rotatable bonds is 3. The Morgan fingerprint density at radius 2 is 2.05 bits per heavy atom. The summed E-state index contributed by atoms with van der Waals surface area (Å²) in [5.74, 6) is -0.127. The van der Waals surface area contributed by atoms with Gasteiger partial charge in [0.1, 0.15) is 0 Å². The molecule has 2 aromatic carbocycles. The van der Waals surface area contributed by atoms with E-state index in [4.69, 9.17) is 11.6 Å². The second-order valence-electron chi connectivity index (χ2n) is 4.42. The monoisotopic (exact) mass is 380 g/mol. The van der Waals surface area contributed by atoms with E-state index in [9.17, 15) is 4.79 Å². The SMILES string of the molecule is O=C(Cc1ccccc1Cl)Nc1nc2c(Br)cccc2s1. The number of halogens is 2. The average Bonchev–Trinajstić information content (AvgIpc) is 2.85. The third-order valence-corrected chi connectivity index (χ3v) is 4.87. The predicted octanol–water partition coefficient (Wildman–Crippen LogP) is 4.89. The summed E-state index contributed by atoms with van der Waals surface area (Å²) in [5, 5.41) is 4.01. The lowest BCUT2D eigenvalue weighted by Crippen LogP contribution is -2.14. The number of carbonyl (C=O) groups is 1. The minimum absolute atomic E-state index is 0.127. The molecule has 0 aliphatic carbocycles. The van der Waals surface area contributed by atoms with Crippen LogP contribution in [0.4, 0.5) is 5.13 Å². The Balaban J connectivity index is 1.77. The van der Waals surface area contributed by atoms with Crippen molar-refractivity contribution in [3.63, 3.8) is 0 Å². The molecule has 1 N–H and O–H groups in total. The Labute approximate surface area is 139 Å². The van der Waals surface area contributed by atoms with Gasteiger partial charge < -0.3 is 5.32 Å². The van der Waals surface area contributed by atoms with Gasteiger partial charge in [0, 0.05) is 9.50 Å². The van der Waals surface area contributed by atoms with Crippen molar-refractivity contribution >= 4 is 60.1 Å². The van der Waals surface area contributed by atoms with Crippen LogP contribution in [0.3, 0.4) is 0 Å². The van der Waals surface area contributed by atoms with Crippen molar-refractivity contribution in [2.24, 2.45) is 0 Å². The lowest BCUT2D eigenvalue weighted by Gasteiger charge is -2.03. The molecule has 0 atom stereocenters. The molecular weight excluding hydrogens is 372 g/mol.